The van der Waals surface area contributed by atoms with Gasteiger partial charge in [0.05, 0.1) is 22.1 Å². The van der Waals surface area contributed by atoms with Crippen LogP contribution in [0.5, 0.6) is 0 Å². The van der Waals surface area contributed by atoms with Gasteiger partial charge in [-0.3, -0.25) is 4.98 Å². The van der Waals surface area contributed by atoms with Crippen LogP contribution in [0.2, 0.25) is 5.02 Å². The Morgan fingerprint density at radius 2 is 1.96 bits per heavy atom. The molecule has 0 radical (unpaired) electrons. The average molecular weight is 372 g/mol. The maximum atomic E-state index is 14.1. The summed E-state index contributed by atoms with van der Waals surface area (Å²) in [6.45, 7) is 4.11. The van der Waals surface area contributed by atoms with E-state index in [9.17, 15) is 4.39 Å². The summed E-state index contributed by atoms with van der Waals surface area (Å²) in [5.41, 5.74) is 1.50. The van der Waals surface area contributed by atoms with Crippen LogP contribution in [0.1, 0.15) is 20.3 Å². The molecule has 3 aromatic rings. The van der Waals surface area contributed by atoms with Gasteiger partial charge in [0.2, 0.25) is 5.95 Å². The van der Waals surface area contributed by atoms with Crippen LogP contribution in [0.15, 0.2) is 48.7 Å². The Hall–Kier alpha value is -2.73. The number of aromatic nitrogens is 3. The Morgan fingerprint density at radius 3 is 2.65 bits per heavy atom. The van der Waals surface area contributed by atoms with Crippen LogP contribution in [0.3, 0.4) is 0 Å². The highest BCUT2D eigenvalue weighted by molar-refractivity contribution is 6.33. The summed E-state index contributed by atoms with van der Waals surface area (Å²) < 4.78 is 14.1. The van der Waals surface area contributed by atoms with Gasteiger partial charge in [0.25, 0.3) is 0 Å². The minimum absolute atomic E-state index is 0.175. The molecule has 1 atom stereocenters. The third-order valence-corrected chi connectivity index (χ3v) is 4.17. The van der Waals surface area contributed by atoms with Gasteiger partial charge >= 0.3 is 0 Å². The minimum Gasteiger partial charge on any atom is -0.352 e. The van der Waals surface area contributed by atoms with Gasteiger partial charge in [0, 0.05) is 18.3 Å². The first kappa shape index (κ1) is 18.1. The zero-order chi connectivity index (χ0) is 18.5. The maximum Gasteiger partial charge on any atom is 0.225 e. The molecule has 0 fully saturated rings. The molecule has 2 N–H and O–H groups in total. The smallest absolute Gasteiger partial charge is 0.225 e. The number of nitrogens with zero attached hydrogens (tertiary/aromatic N) is 3. The van der Waals surface area contributed by atoms with Gasteiger partial charge in [-0.25, -0.2) is 9.37 Å². The normalized spacial score (nSPS) is 11.8. The summed E-state index contributed by atoms with van der Waals surface area (Å²) in [5, 5.41) is 6.47. The molecule has 2 aromatic heterocycles. The lowest BCUT2D eigenvalue weighted by molar-refractivity contribution is 0.632. The van der Waals surface area contributed by atoms with Crippen molar-refractivity contribution in [1.82, 2.24) is 15.0 Å². The number of rotatable bonds is 6. The average Bonchev–Trinajstić information content (AvgIpc) is 2.65. The number of hydrogen-bond acceptors (Lipinski definition) is 5. The third kappa shape index (κ3) is 4.26. The monoisotopic (exact) mass is 371 g/mol. The van der Waals surface area contributed by atoms with Crippen LogP contribution in [0.4, 0.5) is 21.8 Å². The summed E-state index contributed by atoms with van der Waals surface area (Å²) >= 11 is 6.11. The fourth-order valence-corrected chi connectivity index (χ4v) is 2.50. The van der Waals surface area contributed by atoms with Crippen molar-refractivity contribution in [1.29, 1.82) is 0 Å². The van der Waals surface area contributed by atoms with E-state index in [-0.39, 0.29) is 16.8 Å². The highest BCUT2D eigenvalue weighted by atomic mass is 35.5. The molecular formula is C19H19ClFN5. The van der Waals surface area contributed by atoms with E-state index in [2.05, 4.69) is 32.5 Å². The molecule has 3 rings (SSSR count). The Balaban J connectivity index is 2.02. The summed E-state index contributed by atoms with van der Waals surface area (Å²) in [4.78, 5) is 13.3. The topological polar surface area (TPSA) is 62.7 Å². The lowest BCUT2D eigenvalue weighted by Crippen LogP contribution is -2.16. The van der Waals surface area contributed by atoms with E-state index in [1.807, 2.05) is 25.1 Å². The zero-order valence-electron chi connectivity index (χ0n) is 14.5. The second kappa shape index (κ2) is 8.10. The molecule has 0 spiro atoms. The molecular weight excluding hydrogens is 353 g/mol. The van der Waals surface area contributed by atoms with Crippen molar-refractivity contribution in [2.45, 2.75) is 26.3 Å². The van der Waals surface area contributed by atoms with Crippen molar-refractivity contribution in [3.8, 4) is 11.4 Å². The second-order valence-electron chi connectivity index (χ2n) is 5.85. The Kier molecular flexibility index (Phi) is 5.63. The number of para-hydroxylation sites is 1. The minimum atomic E-state index is -0.452. The van der Waals surface area contributed by atoms with Gasteiger partial charge in [-0.15, -0.1) is 0 Å². The highest BCUT2D eigenvalue weighted by Gasteiger charge is 2.12. The molecule has 0 aliphatic rings. The van der Waals surface area contributed by atoms with Gasteiger partial charge in [-0.1, -0.05) is 30.7 Å². The molecule has 0 saturated heterocycles. The summed E-state index contributed by atoms with van der Waals surface area (Å²) in [5.74, 6) is 0.419. The summed E-state index contributed by atoms with van der Waals surface area (Å²) in [6, 6.07) is 12.0. The van der Waals surface area contributed by atoms with E-state index < -0.39 is 5.82 Å². The molecule has 0 amide bonds. The SMILES string of the molecule is CC[C@@H](C)Nc1nc(Nc2c(F)cccc2Cl)cc(-c2ccccn2)n1. The van der Waals surface area contributed by atoms with Gasteiger partial charge in [0.1, 0.15) is 11.6 Å². The summed E-state index contributed by atoms with van der Waals surface area (Å²) in [6.07, 6.45) is 2.61. The highest BCUT2D eigenvalue weighted by Crippen LogP contribution is 2.29. The molecule has 26 heavy (non-hydrogen) atoms. The molecule has 0 aliphatic carbocycles. The van der Waals surface area contributed by atoms with Crippen molar-refractivity contribution in [2.24, 2.45) is 0 Å². The molecule has 2 heterocycles. The summed E-state index contributed by atoms with van der Waals surface area (Å²) in [7, 11) is 0. The third-order valence-electron chi connectivity index (χ3n) is 3.86. The van der Waals surface area contributed by atoms with Gasteiger partial charge in [-0.05, 0) is 37.6 Å². The molecule has 5 nitrogen and oxygen atoms in total. The Morgan fingerprint density at radius 1 is 1.12 bits per heavy atom. The van der Waals surface area contributed by atoms with Crippen molar-refractivity contribution >= 4 is 29.1 Å². The van der Waals surface area contributed by atoms with Crippen LogP contribution in [0.25, 0.3) is 11.4 Å². The lowest BCUT2D eigenvalue weighted by Gasteiger charge is -2.15. The number of hydrogen-bond donors (Lipinski definition) is 2. The number of halogens is 2. The molecule has 134 valence electrons. The predicted octanol–water partition coefficient (Wildman–Crippen LogP) is 5.29. The quantitative estimate of drug-likeness (QED) is 0.616. The number of anilines is 3. The maximum absolute atomic E-state index is 14.1. The van der Waals surface area contributed by atoms with Gasteiger partial charge < -0.3 is 10.6 Å². The van der Waals surface area contributed by atoms with Gasteiger partial charge in [-0.2, -0.15) is 4.98 Å². The molecule has 0 saturated carbocycles. The Bertz CT molecular complexity index is 868. The fraction of sp³-hybridized carbons (Fsp3) is 0.211. The van der Waals surface area contributed by atoms with E-state index in [1.54, 1.807) is 24.4 Å². The van der Waals surface area contributed by atoms with Gasteiger partial charge in [0.15, 0.2) is 0 Å². The van der Waals surface area contributed by atoms with Crippen LogP contribution in [-0.2, 0) is 0 Å². The largest absolute Gasteiger partial charge is 0.352 e. The predicted molar refractivity (Wildman–Crippen MR) is 103 cm³/mol. The first-order valence-corrected chi connectivity index (χ1v) is 8.72. The number of benzene rings is 1. The van der Waals surface area contributed by atoms with Crippen LogP contribution in [0, 0.1) is 5.82 Å². The number of nitrogens with one attached hydrogen (secondary N) is 2. The molecule has 0 bridgehead atoms. The number of pyridine rings is 1. The zero-order valence-corrected chi connectivity index (χ0v) is 15.3. The van der Waals surface area contributed by atoms with E-state index >= 15 is 0 Å². The molecule has 7 heteroatoms. The van der Waals surface area contributed by atoms with E-state index in [0.717, 1.165) is 6.42 Å². The first-order valence-electron chi connectivity index (χ1n) is 8.35. The first-order chi connectivity index (χ1) is 12.6. The second-order valence-corrected chi connectivity index (χ2v) is 6.26. The van der Waals surface area contributed by atoms with Crippen LogP contribution in [-0.4, -0.2) is 21.0 Å². The van der Waals surface area contributed by atoms with Crippen molar-refractivity contribution in [2.75, 3.05) is 10.6 Å². The standard InChI is InChI=1S/C19H19ClFN5/c1-3-12(2)23-19-24-16(15-9-4-5-10-22-15)11-17(26-19)25-18-13(20)7-6-8-14(18)21/h4-12H,3H2,1-2H3,(H2,23,24,25,26)/t12-/m1/s1. The Labute approximate surface area is 156 Å². The van der Waals surface area contributed by atoms with Crippen molar-refractivity contribution < 1.29 is 4.39 Å². The van der Waals surface area contributed by atoms with Crippen LogP contribution < -0.4 is 10.6 Å². The van der Waals surface area contributed by atoms with E-state index in [0.29, 0.717) is 23.2 Å². The van der Waals surface area contributed by atoms with E-state index in [1.165, 1.54) is 6.07 Å². The molecule has 1 aromatic carbocycles. The van der Waals surface area contributed by atoms with E-state index in [4.69, 9.17) is 11.6 Å². The lowest BCUT2D eigenvalue weighted by atomic mass is 10.2. The molecule has 0 unspecified atom stereocenters. The van der Waals surface area contributed by atoms with Crippen LogP contribution >= 0.6 is 11.6 Å². The van der Waals surface area contributed by atoms with Crippen molar-refractivity contribution in [3.05, 3.63) is 59.5 Å². The fourth-order valence-electron chi connectivity index (χ4n) is 2.29. The molecule has 0 aliphatic heterocycles. The van der Waals surface area contributed by atoms with Crippen molar-refractivity contribution in [3.63, 3.8) is 0 Å².